The van der Waals surface area contributed by atoms with Gasteiger partial charge in [-0.15, -0.1) is 5.10 Å². The standard InChI is InChI=1S/C19H22N6O/c1-13-16-7-3-4-8-17(16)18(23-22-13)25-9-5-6-15(12-25)21-19(26)14-10-20-24(2)11-14/h3-4,7-8,10-11,15H,5-6,9,12H2,1-2H3,(H,21,26). The lowest BCUT2D eigenvalue weighted by Gasteiger charge is -2.34. The molecule has 4 rings (SSSR count). The SMILES string of the molecule is Cc1nnc(N2CCCC(NC(=O)c3cnn(C)c3)C2)c2ccccc12. The molecule has 3 aromatic rings. The fourth-order valence-corrected chi connectivity index (χ4v) is 3.55. The number of piperidine rings is 1. The molecule has 7 heteroatoms. The second kappa shape index (κ2) is 6.74. The van der Waals surface area contributed by atoms with Crippen LogP contribution in [0.5, 0.6) is 0 Å². The second-order valence-corrected chi connectivity index (χ2v) is 6.82. The summed E-state index contributed by atoms with van der Waals surface area (Å²) in [5.41, 5.74) is 1.52. The zero-order chi connectivity index (χ0) is 18.1. The predicted octanol–water partition coefficient (Wildman–Crippen LogP) is 2.07. The lowest BCUT2D eigenvalue weighted by atomic mass is 10.0. The largest absolute Gasteiger partial charge is 0.353 e. The molecule has 1 amide bonds. The van der Waals surface area contributed by atoms with Crippen molar-refractivity contribution in [2.45, 2.75) is 25.8 Å². The zero-order valence-electron chi connectivity index (χ0n) is 15.0. The minimum Gasteiger partial charge on any atom is -0.353 e. The second-order valence-electron chi connectivity index (χ2n) is 6.82. The van der Waals surface area contributed by atoms with Gasteiger partial charge in [-0.2, -0.15) is 10.2 Å². The van der Waals surface area contributed by atoms with Gasteiger partial charge in [-0.1, -0.05) is 24.3 Å². The maximum absolute atomic E-state index is 12.4. The maximum atomic E-state index is 12.4. The van der Waals surface area contributed by atoms with Gasteiger partial charge in [0, 0.05) is 43.1 Å². The highest BCUT2D eigenvalue weighted by atomic mass is 16.1. The van der Waals surface area contributed by atoms with Gasteiger partial charge in [0.05, 0.1) is 17.5 Å². The smallest absolute Gasteiger partial charge is 0.254 e. The Bertz CT molecular complexity index is 950. The molecule has 2 aromatic heterocycles. The average Bonchev–Trinajstić information content (AvgIpc) is 3.09. The molecule has 1 aromatic carbocycles. The molecule has 0 saturated carbocycles. The number of benzene rings is 1. The Morgan fingerprint density at radius 3 is 2.81 bits per heavy atom. The summed E-state index contributed by atoms with van der Waals surface area (Å²) in [6.07, 6.45) is 5.28. The molecule has 0 spiro atoms. The van der Waals surface area contributed by atoms with Crippen molar-refractivity contribution < 1.29 is 4.79 Å². The first-order valence-electron chi connectivity index (χ1n) is 8.88. The lowest BCUT2D eigenvalue weighted by Crippen LogP contribution is -2.48. The fraction of sp³-hybridized carbons (Fsp3) is 0.368. The van der Waals surface area contributed by atoms with Crippen LogP contribution < -0.4 is 10.2 Å². The van der Waals surface area contributed by atoms with Gasteiger partial charge in [0.2, 0.25) is 0 Å². The van der Waals surface area contributed by atoms with Gasteiger partial charge in [-0.25, -0.2) is 0 Å². The number of hydrogen-bond donors (Lipinski definition) is 1. The first-order chi connectivity index (χ1) is 12.6. The van der Waals surface area contributed by atoms with Crippen molar-refractivity contribution in [2.24, 2.45) is 7.05 Å². The third-order valence-corrected chi connectivity index (χ3v) is 4.88. The van der Waals surface area contributed by atoms with Gasteiger partial charge in [0.25, 0.3) is 5.91 Å². The van der Waals surface area contributed by atoms with Crippen LogP contribution in [0.15, 0.2) is 36.7 Å². The molecule has 3 heterocycles. The van der Waals surface area contributed by atoms with Crippen molar-refractivity contribution >= 4 is 22.5 Å². The first kappa shape index (κ1) is 16.5. The van der Waals surface area contributed by atoms with E-state index < -0.39 is 0 Å². The highest BCUT2D eigenvalue weighted by Crippen LogP contribution is 2.27. The monoisotopic (exact) mass is 350 g/mol. The Balaban J connectivity index is 1.54. The molecule has 1 atom stereocenters. The van der Waals surface area contributed by atoms with Crippen molar-refractivity contribution in [3.8, 4) is 0 Å². The number of carbonyl (C=O) groups excluding carboxylic acids is 1. The van der Waals surface area contributed by atoms with E-state index in [1.54, 1.807) is 24.1 Å². The third kappa shape index (κ3) is 3.12. The Morgan fingerprint density at radius 2 is 2.04 bits per heavy atom. The van der Waals surface area contributed by atoms with Crippen LogP contribution in [0.25, 0.3) is 10.8 Å². The molecule has 1 fully saturated rings. The molecular weight excluding hydrogens is 328 g/mol. The number of hydrogen-bond acceptors (Lipinski definition) is 5. The van der Waals surface area contributed by atoms with Crippen LogP contribution in [0.2, 0.25) is 0 Å². The molecule has 1 N–H and O–H groups in total. The van der Waals surface area contributed by atoms with E-state index in [0.717, 1.165) is 48.2 Å². The number of fused-ring (bicyclic) bond motifs is 1. The van der Waals surface area contributed by atoms with Crippen molar-refractivity contribution in [2.75, 3.05) is 18.0 Å². The van der Waals surface area contributed by atoms with Crippen molar-refractivity contribution in [1.29, 1.82) is 0 Å². The number of rotatable bonds is 3. The van der Waals surface area contributed by atoms with Gasteiger partial charge in [0.1, 0.15) is 0 Å². The Labute approximate surface area is 152 Å². The number of aromatic nitrogens is 4. The maximum Gasteiger partial charge on any atom is 0.254 e. The molecule has 1 saturated heterocycles. The number of anilines is 1. The van der Waals surface area contributed by atoms with E-state index >= 15 is 0 Å². The Hall–Kier alpha value is -2.96. The Morgan fingerprint density at radius 1 is 1.23 bits per heavy atom. The highest BCUT2D eigenvalue weighted by molar-refractivity contribution is 5.94. The summed E-state index contributed by atoms with van der Waals surface area (Å²) >= 11 is 0. The predicted molar refractivity (Wildman–Crippen MR) is 100 cm³/mol. The summed E-state index contributed by atoms with van der Waals surface area (Å²) in [5, 5.41) is 18.2. The number of carbonyl (C=O) groups is 1. The number of aryl methyl sites for hydroxylation is 2. The summed E-state index contributed by atoms with van der Waals surface area (Å²) in [6, 6.07) is 8.30. The van der Waals surface area contributed by atoms with Crippen LogP contribution in [0, 0.1) is 6.92 Å². The van der Waals surface area contributed by atoms with Crippen molar-refractivity contribution in [1.82, 2.24) is 25.3 Å². The first-order valence-corrected chi connectivity index (χ1v) is 8.88. The summed E-state index contributed by atoms with van der Waals surface area (Å²) < 4.78 is 1.64. The molecular formula is C19H22N6O. The number of amides is 1. The van der Waals surface area contributed by atoms with Gasteiger partial charge >= 0.3 is 0 Å². The van der Waals surface area contributed by atoms with E-state index in [4.69, 9.17) is 0 Å². The number of nitrogens with one attached hydrogen (secondary N) is 1. The van der Waals surface area contributed by atoms with Gasteiger partial charge < -0.3 is 10.2 Å². The van der Waals surface area contributed by atoms with Crippen LogP contribution in [0.1, 0.15) is 28.9 Å². The molecule has 0 radical (unpaired) electrons. The quantitative estimate of drug-likeness (QED) is 0.783. The van der Waals surface area contributed by atoms with Crippen LogP contribution in [0.4, 0.5) is 5.82 Å². The normalized spacial score (nSPS) is 17.5. The van der Waals surface area contributed by atoms with Crippen LogP contribution in [0.3, 0.4) is 0 Å². The van der Waals surface area contributed by atoms with Gasteiger partial charge in [-0.05, 0) is 19.8 Å². The molecule has 1 aliphatic rings. The average molecular weight is 350 g/mol. The van der Waals surface area contributed by atoms with Crippen molar-refractivity contribution in [3.63, 3.8) is 0 Å². The van der Waals surface area contributed by atoms with Gasteiger partial charge in [0.15, 0.2) is 5.82 Å². The van der Waals surface area contributed by atoms with Crippen LogP contribution in [-0.2, 0) is 7.05 Å². The molecule has 0 aliphatic carbocycles. The molecule has 1 unspecified atom stereocenters. The molecule has 1 aliphatic heterocycles. The number of nitrogens with zero attached hydrogens (tertiary/aromatic N) is 5. The summed E-state index contributed by atoms with van der Waals surface area (Å²) in [6.45, 7) is 3.63. The Kier molecular flexibility index (Phi) is 4.28. The molecule has 134 valence electrons. The highest BCUT2D eigenvalue weighted by Gasteiger charge is 2.24. The summed E-state index contributed by atoms with van der Waals surface area (Å²) in [7, 11) is 1.81. The minimum atomic E-state index is -0.0789. The van der Waals surface area contributed by atoms with E-state index in [1.807, 2.05) is 19.1 Å². The van der Waals surface area contributed by atoms with E-state index in [2.05, 4.69) is 37.6 Å². The fourth-order valence-electron chi connectivity index (χ4n) is 3.55. The summed E-state index contributed by atoms with van der Waals surface area (Å²) in [4.78, 5) is 14.6. The summed E-state index contributed by atoms with van der Waals surface area (Å²) in [5.74, 6) is 0.816. The van der Waals surface area contributed by atoms with Gasteiger partial charge in [-0.3, -0.25) is 9.48 Å². The van der Waals surface area contributed by atoms with E-state index in [-0.39, 0.29) is 11.9 Å². The minimum absolute atomic E-state index is 0.0789. The third-order valence-electron chi connectivity index (χ3n) is 4.88. The van der Waals surface area contributed by atoms with E-state index in [9.17, 15) is 4.79 Å². The molecule has 0 bridgehead atoms. The lowest BCUT2D eigenvalue weighted by molar-refractivity contribution is 0.0933. The van der Waals surface area contributed by atoms with Crippen molar-refractivity contribution in [3.05, 3.63) is 47.9 Å². The molecule has 26 heavy (non-hydrogen) atoms. The van der Waals surface area contributed by atoms with E-state index in [0.29, 0.717) is 5.56 Å². The van der Waals surface area contributed by atoms with Crippen LogP contribution >= 0.6 is 0 Å². The zero-order valence-corrected chi connectivity index (χ0v) is 15.0. The van der Waals surface area contributed by atoms with E-state index in [1.165, 1.54) is 0 Å². The van der Waals surface area contributed by atoms with Crippen LogP contribution in [-0.4, -0.2) is 45.0 Å². The topological polar surface area (TPSA) is 75.9 Å². The molecule has 7 nitrogen and oxygen atoms in total.